The molecule has 0 saturated heterocycles. The van der Waals surface area contributed by atoms with Gasteiger partial charge >= 0.3 is 0 Å². The van der Waals surface area contributed by atoms with Crippen molar-refractivity contribution in [1.29, 1.82) is 0 Å². The Morgan fingerprint density at radius 3 is 3.00 bits per heavy atom. The Kier molecular flexibility index (Phi) is 4.17. The van der Waals surface area contributed by atoms with Gasteiger partial charge in [-0.25, -0.2) is 0 Å². The zero-order valence-electron chi connectivity index (χ0n) is 10.7. The molecular formula is C13H24N2S. The van der Waals surface area contributed by atoms with Crippen molar-refractivity contribution in [2.75, 3.05) is 5.75 Å². The van der Waals surface area contributed by atoms with Crippen molar-refractivity contribution in [2.45, 2.75) is 58.5 Å². The van der Waals surface area contributed by atoms with Crippen LogP contribution in [0.1, 0.15) is 46.5 Å². The lowest BCUT2D eigenvalue weighted by Crippen LogP contribution is -2.38. The fraction of sp³-hybridized carbons (Fsp3) is 0.923. The Morgan fingerprint density at radius 1 is 1.44 bits per heavy atom. The van der Waals surface area contributed by atoms with Crippen LogP contribution in [0.15, 0.2) is 4.99 Å². The van der Waals surface area contributed by atoms with Crippen LogP contribution in [0.3, 0.4) is 0 Å². The highest BCUT2D eigenvalue weighted by atomic mass is 32.2. The number of thioether (sulfide) groups is 1. The summed E-state index contributed by atoms with van der Waals surface area (Å²) in [4.78, 5) is 4.87. The van der Waals surface area contributed by atoms with Crippen molar-refractivity contribution in [2.24, 2.45) is 16.8 Å². The molecule has 2 rings (SSSR count). The van der Waals surface area contributed by atoms with E-state index in [9.17, 15) is 0 Å². The van der Waals surface area contributed by atoms with E-state index in [0.29, 0.717) is 12.1 Å². The van der Waals surface area contributed by atoms with Crippen LogP contribution in [0.5, 0.6) is 0 Å². The molecule has 3 heteroatoms. The molecule has 1 saturated carbocycles. The van der Waals surface area contributed by atoms with Gasteiger partial charge in [-0.3, -0.25) is 4.99 Å². The summed E-state index contributed by atoms with van der Waals surface area (Å²) in [6.07, 6.45) is 5.33. The molecule has 1 fully saturated rings. The average Bonchev–Trinajstić information content (AvgIpc) is 2.75. The summed E-state index contributed by atoms with van der Waals surface area (Å²) in [6, 6.07) is 1.18. The molecule has 0 radical (unpaired) electrons. The van der Waals surface area contributed by atoms with Gasteiger partial charge in [0, 0.05) is 11.8 Å². The van der Waals surface area contributed by atoms with Crippen LogP contribution in [-0.4, -0.2) is 23.0 Å². The number of hydrogen-bond acceptors (Lipinski definition) is 3. The standard InChI is InChI=1S/C13H24N2S/c1-4-9(2)10(3)14-13-15-12-7-5-6-11(12)8-16-13/h9-12H,4-8H2,1-3H3,(H,14,15). The fourth-order valence-corrected chi connectivity index (χ4v) is 3.76. The maximum atomic E-state index is 4.87. The van der Waals surface area contributed by atoms with Gasteiger partial charge in [0.1, 0.15) is 0 Å². The van der Waals surface area contributed by atoms with Gasteiger partial charge in [0.15, 0.2) is 5.17 Å². The van der Waals surface area contributed by atoms with E-state index in [0.717, 1.165) is 11.8 Å². The number of nitrogens with zero attached hydrogens (tertiary/aromatic N) is 1. The first-order valence-electron chi connectivity index (χ1n) is 6.67. The van der Waals surface area contributed by atoms with E-state index in [2.05, 4.69) is 26.1 Å². The molecule has 2 nitrogen and oxygen atoms in total. The largest absolute Gasteiger partial charge is 0.362 e. The highest BCUT2D eigenvalue weighted by molar-refractivity contribution is 8.13. The second-order valence-corrected chi connectivity index (χ2v) is 6.33. The van der Waals surface area contributed by atoms with Gasteiger partial charge < -0.3 is 5.32 Å². The van der Waals surface area contributed by atoms with E-state index >= 15 is 0 Å². The van der Waals surface area contributed by atoms with E-state index in [1.54, 1.807) is 0 Å². The topological polar surface area (TPSA) is 24.4 Å². The van der Waals surface area contributed by atoms with Gasteiger partial charge in [0.05, 0.1) is 6.04 Å². The lowest BCUT2D eigenvalue weighted by Gasteiger charge is -2.27. The number of aliphatic imine (C=N–C) groups is 1. The number of rotatable bonds is 3. The molecule has 0 spiro atoms. The van der Waals surface area contributed by atoms with E-state index in [-0.39, 0.29) is 0 Å². The summed E-state index contributed by atoms with van der Waals surface area (Å²) in [5.41, 5.74) is 0. The summed E-state index contributed by atoms with van der Waals surface area (Å²) in [5, 5.41) is 4.80. The number of fused-ring (bicyclic) bond motifs is 1. The van der Waals surface area contributed by atoms with Crippen LogP contribution in [0.4, 0.5) is 0 Å². The maximum Gasteiger partial charge on any atom is 0.157 e. The van der Waals surface area contributed by atoms with Crippen LogP contribution in [0.2, 0.25) is 0 Å². The molecule has 2 aliphatic rings. The van der Waals surface area contributed by atoms with Gasteiger partial charge in [-0.2, -0.15) is 0 Å². The molecule has 4 unspecified atom stereocenters. The Hall–Kier alpha value is -0.180. The molecule has 0 amide bonds. The summed E-state index contributed by atoms with van der Waals surface area (Å²) in [7, 11) is 0. The van der Waals surface area contributed by atoms with E-state index in [1.807, 2.05) is 11.8 Å². The van der Waals surface area contributed by atoms with Crippen molar-refractivity contribution >= 4 is 16.9 Å². The number of amidine groups is 1. The zero-order chi connectivity index (χ0) is 11.5. The molecule has 4 atom stereocenters. The van der Waals surface area contributed by atoms with Crippen molar-refractivity contribution in [1.82, 2.24) is 5.32 Å². The van der Waals surface area contributed by atoms with Gasteiger partial charge in [0.2, 0.25) is 0 Å². The van der Waals surface area contributed by atoms with Crippen LogP contribution >= 0.6 is 11.8 Å². The lowest BCUT2D eigenvalue weighted by molar-refractivity contribution is 0.436. The fourth-order valence-electron chi connectivity index (χ4n) is 2.52. The second-order valence-electron chi connectivity index (χ2n) is 5.32. The number of nitrogens with one attached hydrogen (secondary N) is 1. The predicted octanol–water partition coefficient (Wildman–Crippen LogP) is 3.28. The van der Waals surface area contributed by atoms with Crippen LogP contribution < -0.4 is 5.32 Å². The van der Waals surface area contributed by atoms with Gasteiger partial charge in [0.25, 0.3) is 0 Å². The predicted molar refractivity (Wildman–Crippen MR) is 73.1 cm³/mol. The van der Waals surface area contributed by atoms with Crippen LogP contribution in [0.25, 0.3) is 0 Å². The van der Waals surface area contributed by atoms with Crippen molar-refractivity contribution in [3.8, 4) is 0 Å². The van der Waals surface area contributed by atoms with Crippen LogP contribution in [0, 0.1) is 11.8 Å². The molecule has 1 aliphatic heterocycles. The third kappa shape index (κ3) is 2.73. The molecule has 1 N–H and O–H groups in total. The van der Waals surface area contributed by atoms with Gasteiger partial charge in [-0.15, -0.1) is 0 Å². The van der Waals surface area contributed by atoms with Crippen molar-refractivity contribution < 1.29 is 0 Å². The quantitative estimate of drug-likeness (QED) is 0.818. The SMILES string of the molecule is CCC(C)C(C)NC1=NC2CCCC2CS1. The molecule has 0 aromatic rings. The second kappa shape index (κ2) is 5.44. The molecule has 0 aromatic heterocycles. The Labute approximate surface area is 104 Å². The molecule has 0 aromatic carbocycles. The smallest absolute Gasteiger partial charge is 0.157 e. The zero-order valence-corrected chi connectivity index (χ0v) is 11.5. The summed E-state index contributed by atoms with van der Waals surface area (Å²) in [5.74, 6) is 2.88. The molecule has 92 valence electrons. The summed E-state index contributed by atoms with van der Waals surface area (Å²) >= 11 is 1.93. The van der Waals surface area contributed by atoms with Crippen molar-refractivity contribution in [3.63, 3.8) is 0 Å². The minimum atomic E-state index is 0.550. The Bertz CT molecular complexity index is 265. The monoisotopic (exact) mass is 240 g/mol. The van der Waals surface area contributed by atoms with E-state index in [4.69, 9.17) is 4.99 Å². The number of hydrogen-bond donors (Lipinski definition) is 1. The summed E-state index contributed by atoms with van der Waals surface area (Å²) < 4.78 is 0. The van der Waals surface area contributed by atoms with Crippen molar-refractivity contribution in [3.05, 3.63) is 0 Å². The first-order chi connectivity index (χ1) is 7.70. The van der Waals surface area contributed by atoms with Gasteiger partial charge in [-0.1, -0.05) is 38.5 Å². The molecule has 16 heavy (non-hydrogen) atoms. The maximum absolute atomic E-state index is 4.87. The minimum Gasteiger partial charge on any atom is -0.362 e. The first-order valence-corrected chi connectivity index (χ1v) is 7.66. The van der Waals surface area contributed by atoms with E-state index in [1.165, 1.54) is 36.6 Å². The lowest BCUT2D eigenvalue weighted by atomic mass is 10.0. The third-order valence-electron chi connectivity index (χ3n) is 4.18. The third-order valence-corrected chi connectivity index (χ3v) is 5.28. The molecule has 1 heterocycles. The normalized spacial score (nSPS) is 32.8. The Morgan fingerprint density at radius 2 is 2.25 bits per heavy atom. The van der Waals surface area contributed by atoms with Gasteiger partial charge in [-0.05, 0) is 31.6 Å². The molecule has 1 aliphatic carbocycles. The minimum absolute atomic E-state index is 0.550. The first kappa shape index (κ1) is 12.3. The average molecular weight is 240 g/mol. The summed E-state index contributed by atoms with van der Waals surface area (Å²) in [6.45, 7) is 6.84. The van der Waals surface area contributed by atoms with Crippen LogP contribution in [-0.2, 0) is 0 Å². The van der Waals surface area contributed by atoms with E-state index < -0.39 is 0 Å². The highest BCUT2D eigenvalue weighted by Crippen LogP contribution is 2.35. The molecule has 0 bridgehead atoms. The Balaban J connectivity index is 1.90. The molecular weight excluding hydrogens is 216 g/mol. The highest BCUT2D eigenvalue weighted by Gasteiger charge is 2.31.